The number of aromatic nitrogens is 1. The molecule has 0 spiro atoms. The van der Waals surface area contributed by atoms with E-state index in [9.17, 15) is 17.6 Å². The van der Waals surface area contributed by atoms with Crippen LogP contribution in [0.1, 0.15) is 26.3 Å². The summed E-state index contributed by atoms with van der Waals surface area (Å²) < 4.78 is 60.1. The number of morpholine rings is 1. The predicted octanol–water partition coefficient (Wildman–Crippen LogP) is 5.50. The molecule has 0 atom stereocenters. The zero-order valence-electron chi connectivity index (χ0n) is 25.2. The van der Waals surface area contributed by atoms with Crippen LogP contribution in [0.15, 0.2) is 65.6 Å². The molecule has 44 heavy (non-hydrogen) atoms. The average Bonchev–Trinajstić information content (AvgIpc) is 3.34. The third-order valence-corrected chi connectivity index (χ3v) is 8.88. The smallest absolute Gasteiger partial charge is 0.413 e. The van der Waals surface area contributed by atoms with Crippen LogP contribution >= 0.6 is 0 Å². The molecule has 1 saturated heterocycles. The summed E-state index contributed by atoms with van der Waals surface area (Å²) in [6.45, 7) is 10.1. The van der Waals surface area contributed by atoms with Crippen LogP contribution in [0.2, 0.25) is 0 Å². The summed E-state index contributed by atoms with van der Waals surface area (Å²) in [6.07, 6.45) is -0.681. The number of ether oxygens (including phenoxy) is 3. The molecule has 1 aliphatic rings. The summed E-state index contributed by atoms with van der Waals surface area (Å²) in [5.74, 6) is -0.454. The number of aromatic amines is 1. The number of hydrogen-bond donors (Lipinski definition) is 3. The first-order chi connectivity index (χ1) is 20.9. The van der Waals surface area contributed by atoms with Crippen LogP contribution in [0.5, 0.6) is 11.6 Å². The second-order valence-electron chi connectivity index (χ2n) is 11.6. The molecule has 0 aliphatic carbocycles. The Morgan fingerprint density at radius 3 is 2.43 bits per heavy atom. The number of fused-ring (bicyclic) bond motifs is 1. The van der Waals surface area contributed by atoms with Crippen LogP contribution < -0.4 is 19.5 Å². The number of rotatable bonds is 9. The van der Waals surface area contributed by atoms with Crippen molar-refractivity contribution in [3.8, 4) is 22.8 Å². The molecule has 5 rings (SSSR count). The Hall–Kier alpha value is -4.13. The number of methoxy groups -OCH3 is 1. The van der Waals surface area contributed by atoms with Gasteiger partial charge in [-0.05, 0) is 59.0 Å². The fourth-order valence-electron chi connectivity index (χ4n) is 5.03. The van der Waals surface area contributed by atoms with E-state index in [1.807, 2.05) is 0 Å². The first kappa shape index (κ1) is 31.3. The number of nitrogens with one attached hydrogen (secondary N) is 3. The summed E-state index contributed by atoms with van der Waals surface area (Å²) in [7, 11) is -2.54. The predicted molar refractivity (Wildman–Crippen MR) is 167 cm³/mol. The molecule has 1 aromatic heterocycles. The fourth-order valence-corrected chi connectivity index (χ4v) is 6.08. The van der Waals surface area contributed by atoms with E-state index in [-0.39, 0.29) is 27.6 Å². The summed E-state index contributed by atoms with van der Waals surface area (Å²) in [6, 6.07) is 16.0. The Kier molecular flexibility index (Phi) is 9.14. The number of nitrogens with zero attached hydrogens (tertiary/aromatic N) is 1. The van der Waals surface area contributed by atoms with E-state index in [4.69, 9.17) is 14.2 Å². The molecule has 1 fully saturated rings. The zero-order chi connectivity index (χ0) is 31.5. The highest BCUT2D eigenvalue weighted by Gasteiger charge is 2.22. The van der Waals surface area contributed by atoms with Crippen LogP contribution in [0.25, 0.3) is 22.0 Å². The van der Waals surface area contributed by atoms with Gasteiger partial charge in [0.05, 0.1) is 30.8 Å². The largest absolute Gasteiger partial charge is 0.494 e. The van der Waals surface area contributed by atoms with Gasteiger partial charge >= 0.3 is 6.09 Å². The van der Waals surface area contributed by atoms with Gasteiger partial charge in [0.25, 0.3) is 10.0 Å². The van der Waals surface area contributed by atoms with E-state index >= 15 is 0 Å². The van der Waals surface area contributed by atoms with Crippen LogP contribution in [0.4, 0.5) is 14.9 Å². The molecule has 234 valence electrons. The maximum atomic E-state index is 14.8. The lowest BCUT2D eigenvalue weighted by atomic mass is 9.87. The van der Waals surface area contributed by atoms with Crippen molar-refractivity contribution in [1.82, 2.24) is 15.2 Å². The third kappa shape index (κ3) is 7.15. The van der Waals surface area contributed by atoms with Crippen molar-refractivity contribution in [1.29, 1.82) is 0 Å². The van der Waals surface area contributed by atoms with Gasteiger partial charge in [0.1, 0.15) is 0 Å². The maximum Gasteiger partial charge on any atom is 0.413 e. The van der Waals surface area contributed by atoms with Crippen molar-refractivity contribution in [2.45, 2.75) is 31.1 Å². The minimum atomic E-state index is -3.91. The molecule has 0 unspecified atom stereocenters. The summed E-state index contributed by atoms with van der Waals surface area (Å²) in [5, 5.41) is 3.28. The van der Waals surface area contributed by atoms with Crippen molar-refractivity contribution in [2.75, 3.05) is 51.2 Å². The Balaban J connectivity index is 1.43. The Labute approximate surface area is 256 Å². The van der Waals surface area contributed by atoms with Gasteiger partial charge in [0.15, 0.2) is 11.6 Å². The summed E-state index contributed by atoms with van der Waals surface area (Å²) in [4.78, 5) is 18.2. The monoisotopic (exact) mass is 624 g/mol. The third-order valence-electron chi connectivity index (χ3n) is 7.48. The number of carbonyl (C=O) groups is 1. The summed E-state index contributed by atoms with van der Waals surface area (Å²) >= 11 is 0. The highest BCUT2D eigenvalue weighted by molar-refractivity contribution is 7.92. The Morgan fingerprint density at radius 1 is 1.05 bits per heavy atom. The Bertz CT molecular complexity index is 1740. The lowest BCUT2D eigenvalue weighted by Crippen LogP contribution is -2.41. The normalized spacial score (nSPS) is 14.4. The molecule has 10 nitrogen and oxygen atoms in total. The highest BCUT2D eigenvalue weighted by atomic mass is 32.2. The van der Waals surface area contributed by atoms with Crippen molar-refractivity contribution in [3.63, 3.8) is 0 Å². The summed E-state index contributed by atoms with van der Waals surface area (Å²) in [5.41, 5.74) is 2.53. The number of anilines is 1. The van der Waals surface area contributed by atoms with Gasteiger partial charge in [-0.1, -0.05) is 39.0 Å². The van der Waals surface area contributed by atoms with Gasteiger partial charge in [-0.2, -0.15) is 0 Å². The molecule has 0 saturated carbocycles. The van der Waals surface area contributed by atoms with E-state index in [1.165, 1.54) is 19.2 Å². The standard InChI is InChI=1S/C32H37FN4O6S/c1-32(2,3)22-6-9-24(10-7-22)44(39,40)36-23-8-11-27-25(20-23)29(21-5-12-28(41-4)26(33)19-21)30(35-27)43-31(38)34-13-14-37-15-17-42-18-16-37/h5-12,19-20,35-36H,13-18H2,1-4H3,(H,34,38). The molecule has 12 heteroatoms. The molecule has 4 aromatic rings. The fraction of sp³-hybridized carbons (Fsp3) is 0.344. The number of benzene rings is 3. The molecule has 3 N–H and O–H groups in total. The van der Waals surface area contributed by atoms with E-state index in [1.54, 1.807) is 48.5 Å². The molecule has 0 bridgehead atoms. The zero-order valence-corrected chi connectivity index (χ0v) is 26.0. The van der Waals surface area contributed by atoms with E-state index in [2.05, 4.69) is 40.7 Å². The molecule has 2 heterocycles. The number of amides is 1. The molecule has 3 aromatic carbocycles. The van der Waals surface area contributed by atoms with Crippen LogP contribution in [0.3, 0.4) is 0 Å². The van der Waals surface area contributed by atoms with Gasteiger partial charge < -0.3 is 24.5 Å². The van der Waals surface area contributed by atoms with E-state index < -0.39 is 21.9 Å². The van der Waals surface area contributed by atoms with Gasteiger partial charge in [-0.25, -0.2) is 17.6 Å². The van der Waals surface area contributed by atoms with E-state index in [0.29, 0.717) is 48.3 Å². The minimum absolute atomic E-state index is 0.0582. The second-order valence-corrected chi connectivity index (χ2v) is 13.3. The topological polar surface area (TPSA) is 122 Å². The minimum Gasteiger partial charge on any atom is -0.494 e. The quantitative estimate of drug-likeness (QED) is 0.225. The number of hydrogen-bond acceptors (Lipinski definition) is 7. The van der Waals surface area contributed by atoms with Gasteiger partial charge in [-0.15, -0.1) is 0 Å². The first-order valence-electron chi connectivity index (χ1n) is 14.3. The number of sulfonamides is 1. The van der Waals surface area contributed by atoms with Crippen molar-refractivity contribution in [2.24, 2.45) is 0 Å². The van der Waals surface area contributed by atoms with Crippen molar-refractivity contribution < 1.29 is 31.8 Å². The van der Waals surface area contributed by atoms with Gasteiger partial charge in [-0.3, -0.25) is 9.62 Å². The number of halogens is 1. The lowest BCUT2D eigenvalue weighted by Gasteiger charge is -2.26. The molecule has 1 aliphatic heterocycles. The molecular formula is C32H37FN4O6S. The first-order valence-corrected chi connectivity index (χ1v) is 15.8. The molecular weight excluding hydrogens is 587 g/mol. The van der Waals surface area contributed by atoms with Crippen molar-refractivity contribution >= 4 is 32.7 Å². The van der Waals surface area contributed by atoms with Crippen LogP contribution in [-0.2, 0) is 20.2 Å². The van der Waals surface area contributed by atoms with Crippen molar-refractivity contribution in [3.05, 3.63) is 72.0 Å². The molecule has 0 radical (unpaired) electrons. The van der Waals surface area contributed by atoms with Gasteiger partial charge in [0.2, 0.25) is 5.88 Å². The lowest BCUT2D eigenvalue weighted by molar-refractivity contribution is 0.0385. The SMILES string of the molecule is COc1ccc(-c2c(OC(=O)NCCN3CCOCC3)[nH]c3ccc(NS(=O)(=O)c4ccc(C(C)(C)C)cc4)cc23)cc1F. The second kappa shape index (κ2) is 12.8. The van der Waals surface area contributed by atoms with Crippen LogP contribution in [0, 0.1) is 5.82 Å². The Morgan fingerprint density at radius 2 is 1.77 bits per heavy atom. The average molecular weight is 625 g/mol. The number of H-pyrrole nitrogens is 1. The van der Waals surface area contributed by atoms with Crippen LogP contribution in [-0.4, -0.2) is 70.9 Å². The van der Waals surface area contributed by atoms with Gasteiger partial charge in [0, 0.05) is 42.8 Å². The van der Waals surface area contributed by atoms with E-state index in [0.717, 1.165) is 18.7 Å². The number of carbonyl (C=O) groups excluding carboxylic acids is 1. The maximum absolute atomic E-state index is 14.8. The highest BCUT2D eigenvalue weighted by Crippen LogP contribution is 2.40. The molecule has 1 amide bonds.